The largest absolute Gasteiger partial charge is 0.405 e. The van der Waals surface area contributed by atoms with Crippen LogP contribution in [0.3, 0.4) is 0 Å². The van der Waals surface area contributed by atoms with Crippen molar-refractivity contribution in [3.8, 4) is 0 Å². The molecule has 7 heteroatoms. The fourth-order valence-electron chi connectivity index (χ4n) is 6.11. The molecule has 0 aromatic heterocycles. The van der Waals surface area contributed by atoms with Gasteiger partial charge in [-0.3, -0.25) is 0 Å². The highest BCUT2D eigenvalue weighted by Crippen LogP contribution is 2.50. The third kappa shape index (κ3) is 5.29. The minimum atomic E-state index is -2.79. The van der Waals surface area contributed by atoms with Crippen molar-refractivity contribution in [3.05, 3.63) is 108 Å². The predicted molar refractivity (Wildman–Crippen MR) is 164 cm³/mol. The standard InChI is InChI=1S/C33H39BrO5Si/c1-7-22-35-33(24-18-20-25(34)21-19-24)30-29(38-32(5,6)39-30)28(37-33)23-36-40(31(2,3)4,26-14-10-8-11-15-26)27-16-12-9-13-17-27/h7-21,28-30H,1,22-23H2,2-6H3/t28-,29-,30-,33?/m1/s1. The van der Waals surface area contributed by atoms with Crippen molar-refractivity contribution in [2.45, 2.75) is 69.5 Å². The minimum absolute atomic E-state index is 0.165. The summed E-state index contributed by atoms with van der Waals surface area (Å²) in [6, 6.07) is 29.2. The number of hydrogen-bond acceptors (Lipinski definition) is 5. The Hall–Kier alpha value is -2.10. The van der Waals surface area contributed by atoms with Crippen LogP contribution >= 0.6 is 15.9 Å². The Kier molecular flexibility index (Phi) is 8.29. The Balaban J connectivity index is 1.57. The van der Waals surface area contributed by atoms with E-state index in [9.17, 15) is 0 Å². The second-order valence-electron chi connectivity index (χ2n) is 11.9. The molecule has 2 saturated heterocycles. The van der Waals surface area contributed by atoms with Crippen molar-refractivity contribution in [3.63, 3.8) is 0 Å². The Morgan fingerprint density at radius 2 is 1.45 bits per heavy atom. The van der Waals surface area contributed by atoms with E-state index in [2.05, 4.69) is 104 Å². The molecule has 3 aromatic carbocycles. The lowest BCUT2D eigenvalue weighted by Gasteiger charge is -2.43. The van der Waals surface area contributed by atoms with E-state index >= 15 is 0 Å². The number of hydrogen-bond donors (Lipinski definition) is 0. The summed E-state index contributed by atoms with van der Waals surface area (Å²) >= 11 is 3.55. The first-order valence-electron chi connectivity index (χ1n) is 13.8. The van der Waals surface area contributed by atoms with Gasteiger partial charge in [-0.1, -0.05) is 116 Å². The summed E-state index contributed by atoms with van der Waals surface area (Å²) in [5.41, 5.74) is 0.863. The van der Waals surface area contributed by atoms with E-state index < -0.39 is 32.1 Å². The van der Waals surface area contributed by atoms with Gasteiger partial charge >= 0.3 is 0 Å². The first kappa shape index (κ1) is 29.4. The Morgan fingerprint density at radius 3 is 1.98 bits per heavy atom. The summed E-state index contributed by atoms with van der Waals surface area (Å²) in [7, 11) is -2.79. The molecule has 0 aliphatic carbocycles. The van der Waals surface area contributed by atoms with Crippen LogP contribution in [0.15, 0.2) is 102 Å². The summed E-state index contributed by atoms with van der Waals surface area (Å²) in [4.78, 5) is 0. The lowest BCUT2D eigenvalue weighted by Crippen LogP contribution is -2.67. The average Bonchev–Trinajstić information content (AvgIpc) is 3.40. The van der Waals surface area contributed by atoms with Gasteiger partial charge in [0.15, 0.2) is 5.79 Å². The second kappa shape index (κ2) is 11.3. The Morgan fingerprint density at radius 1 is 0.875 bits per heavy atom. The van der Waals surface area contributed by atoms with E-state index in [0.29, 0.717) is 13.2 Å². The SMILES string of the molecule is C=CCOC1(c2ccc(Br)cc2)O[C@H](CO[Si](c2ccccc2)(c2ccccc2)C(C)(C)C)[C@H]2OC(C)(C)O[C@H]21. The van der Waals surface area contributed by atoms with Crippen LogP contribution in [0.25, 0.3) is 0 Å². The minimum Gasteiger partial charge on any atom is -0.405 e. The zero-order valence-electron chi connectivity index (χ0n) is 23.9. The van der Waals surface area contributed by atoms with Crippen LogP contribution in [-0.4, -0.2) is 45.6 Å². The van der Waals surface area contributed by atoms with Crippen LogP contribution in [-0.2, 0) is 29.2 Å². The number of benzene rings is 3. The van der Waals surface area contributed by atoms with Crippen LogP contribution in [0.5, 0.6) is 0 Å². The molecular formula is C33H39BrO5Si. The molecule has 212 valence electrons. The van der Waals surface area contributed by atoms with Crippen molar-refractivity contribution < 1.29 is 23.4 Å². The summed E-state index contributed by atoms with van der Waals surface area (Å²) in [6.45, 7) is 15.2. The maximum absolute atomic E-state index is 7.27. The molecule has 2 aliphatic heterocycles. The van der Waals surface area contributed by atoms with E-state index in [1.807, 2.05) is 38.1 Å². The van der Waals surface area contributed by atoms with Gasteiger partial charge in [-0.2, -0.15) is 0 Å². The third-order valence-electron chi connectivity index (χ3n) is 7.74. The molecular weight excluding hydrogens is 584 g/mol. The zero-order chi connectivity index (χ0) is 28.6. The summed E-state index contributed by atoms with van der Waals surface area (Å²) < 4.78 is 34.6. The lowest BCUT2D eigenvalue weighted by atomic mass is 9.97. The highest BCUT2D eigenvalue weighted by atomic mass is 79.9. The van der Waals surface area contributed by atoms with Crippen LogP contribution < -0.4 is 10.4 Å². The molecule has 2 aliphatic rings. The lowest BCUT2D eigenvalue weighted by molar-refractivity contribution is -0.299. The second-order valence-corrected chi connectivity index (χ2v) is 17.1. The highest BCUT2D eigenvalue weighted by molar-refractivity contribution is 9.10. The van der Waals surface area contributed by atoms with Crippen LogP contribution in [0, 0.1) is 0 Å². The van der Waals surface area contributed by atoms with E-state index in [1.54, 1.807) is 6.08 Å². The maximum Gasteiger partial charge on any atom is 0.261 e. The van der Waals surface area contributed by atoms with Crippen molar-refractivity contribution in [1.82, 2.24) is 0 Å². The molecule has 40 heavy (non-hydrogen) atoms. The number of rotatable bonds is 9. The van der Waals surface area contributed by atoms with Gasteiger partial charge in [0, 0.05) is 10.0 Å². The normalized spacial score (nSPS) is 26.0. The number of halogens is 1. The zero-order valence-corrected chi connectivity index (χ0v) is 26.5. The molecule has 5 rings (SSSR count). The van der Waals surface area contributed by atoms with Crippen LogP contribution in [0.2, 0.25) is 5.04 Å². The molecule has 0 amide bonds. The van der Waals surface area contributed by atoms with Crippen molar-refractivity contribution in [2.24, 2.45) is 0 Å². The Bertz CT molecular complexity index is 1250. The Labute approximate surface area is 247 Å². The van der Waals surface area contributed by atoms with E-state index in [-0.39, 0.29) is 11.1 Å². The molecule has 1 unspecified atom stereocenters. The summed E-state index contributed by atoms with van der Waals surface area (Å²) in [5.74, 6) is -1.97. The smallest absolute Gasteiger partial charge is 0.261 e. The molecule has 0 bridgehead atoms. The monoisotopic (exact) mass is 622 g/mol. The van der Waals surface area contributed by atoms with Crippen LogP contribution in [0.4, 0.5) is 0 Å². The molecule has 5 nitrogen and oxygen atoms in total. The van der Waals surface area contributed by atoms with Crippen molar-refractivity contribution in [1.29, 1.82) is 0 Å². The first-order valence-corrected chi connectivity index (χ1v) is 16.5. The van der Waals surface area contributed by atoms with Gasteiger partial charge in [0.25, 0.3) is 8.32 Å². The quantitative estimate of drug-likeness (QED) is 0.207. The van der Waals surface area contributed by atoms with Crippen molar-refractivity contribution in [2.75, 3.05) is 13.2 Å². The van der Waals surface area contributed by atoms with Gasteiger partial charge in [-0.05, 0) is 41.4 Å². The van der Waals surface area contributed by atoms with E-state index in [0.717, 1.165) is 10.0 Å². The number of ether oxygens (including phenoxy) is 4. The maximum atomic E-state index is 7.27. The molecule has 2 fully saturated rings. The molecule has 4 atom stereocenters. The average molecular weight is 624 g/mol. The fourth-order valence-corrected chi connectivity index (χ4v) is 10.9. The first-order chi connectivity index (χ1) is 19.0. The van der Waals surface area contributed by atoms with Gasteiger partial charge in [-0.25, -0.2) is 0 Å². The molecule has 3 aromatic rings. The molecule has 0 spiro atoms. The summed E-state index contributed by atoms with van der Waals surface area (Å²) in [5, 5.41) is 2.27. The molecule has 0 saturated carbocycles. The molecule has 0 N–H and O–H groups in total. The molecule has 0 radical (unpaired) electrons. The van der Waals surface area contributed by atoms with E-state index in [1.165, 1.54) is 10.4 Å². The topological polar surface area (TPSA) is 46.2 Å². The van der Waals surface area contributed by atoms with Gasteiger partial charge in [0.1, 0.15) is 18.3 Å². The van der Waals surface area contributed by atoms with Crippen molar-refractivity contribution >= 4 is 34.6 Å². The van der Waals surface area contributed by atoms with Gasteiger partial charge in [0.05, 0.1) is 13.2 Å². The fraction of sp³-hybridized carbons (Fsp3) is 0.394. The summed E-state index contributed by atoms with van der Waals surface area (Å²) in [6.07, 6.45) is 0.423. The van der Waals surface area contributed by atoms with E-state index in [4.69, 9.17) is 23.4 Å². The molecule has 2 heterocycles. The third-order valence-corrected chi connectivity index (χ3v) is 13.3. The predicted octanol–water partition coefficient (Wildman–Crippen LogP) is 6.30. The number of fused-ring (bicyclic) bond motifs is 1. The highest BCUT2D eigenvalue weighted by Gasteiger charge is 2.65. The van der Waals surface area contributed by atoms with Gasteiger partial charge in [0.2, 0.25) is 5.79 Å². The van der Waals surface area contributed by atoms with Gasteiger partial charge in [-0.15, -0.1) is 6.58 Å². The van der Waals surface area contributed by atoms with Gasteiger partial charge < -0.3 is 23.4 Å². The van der Waals surface area contributed by atoms with Crippen LogP contribution in [0.1, 0.15) is 40.2 Å².